The summed E-state index contributed by atoms with van der Waals surface area (Å²) >= 11 is 0. The molecule has 0 atom stereocenters. The number of rotatable bonds is 4. The lowest BCUT2D eigenvalue weighted by Crippen LogP contribution is -2.32. The molecule has 0 fully saturated rings. The molecular formula is C22H29NO2S. The fourth-order valence-electron chi connectivity index (χ4n) is 3.47. The summed E-state index contributed by atoms with van der Waals surface area (Å²) in [5.74, 6) is 0. The van der Waals surface area contributed by atoms with Crippen molar-refractivity contribution in [2.45, 2.75) is 50.5 Å². The van der Waals surface area contributed by atoms with Crippen LogP contribution in [0.4, 0.5) is 0 Å². The van der Waals surface area contributed by atoms with Crippen molar-refractivity contribution in [2.24, 2.45) is 0 Å². The van der Waals surface area contributed by atoms with E-state index in [0.717, 1.165) is 32.5 Å². The summed E-state index contributed by atoms with van der Waals surface area (Å²) in [6.45, 7) is 9.63. The van der Waals surface area contributed by atoms with Crippen molar-refractivity contribution in [2.75, 3.05) is 19.3 Å². The topological polar surface area (TPSA) is 37.4 Å². The van der Waals surface area contributed by atoms with E-state index in [1.807, 2.05) is 12.1 Å². The van der Waals surface area contributed by atoms with Gasteiger partial charge in [-0.15, -0.1) is 0 Å². The van der Waals surface area contributed by atoms with Crippen LogP contribution in [0.15, 0.2) is 47.4 Å². The average Bonchev–Trinajstić information content (AvgIpc) is 2.58. The molecule has 0 saturated heterocycles. The monoisotopic (exact) mass is 371 g/mol. The van der Waals surface area contributed by atoms with Gasteiger partial charge in [0.25, 0.3) is 0 Å². The Bertz CT molecular complexity index is 877. The van der Waals surface area contributed by atoms with Gasteiger partial charge in [-0.3, -0.25) is 4.90 Å². The maximum absolute atomic E-state index is 11.7. The van der Waals surface area contributed by atoms with E-state index < -0.39 is 9.84 Å². The van der Waals surface area contributed by atoms with Crippen LogP contribution in [-0.4, -0.2) is 32.7 Å². The van der Waals surface area contributed by atoms with Gasteiger partial charge in [0.2, 0.25) is 0 Å². The van der Waals surface area contributed by atoms with Crippen LogP contribution in [0.3, 0.4) is 0 Å². The first-order valence-corrected chi connectivity index (χ1v) is 11.2. The highest BCUT2D eigenvalue weighted by Gasteiger charge is 2.18. The molecule has 140 valence electrons. The maximum Gasteiger partial charge on any atom is 0.175 e. The molecule has 2 aromatic rings. The third-order valence-electron chi connectivity index (χ3n) is 5.23. The molecule has 0 saturated carbocycles. The lowest BCUT2D eigenvalue weighted by atomic mass is 9.86. The normalized spacial score (nSPS) is 15.7. The summed E-state index contributed by atoms with van der Waals surface area (Å²) < 4.78 is 23.4. The highest BCUT2D eigenvalue weighted by molar-refractivity contribution is 7.90. The van der Waals surface area contributed by atoms with Crippen molar-refractivity contribution >= 4 is 9.84 Å². The van der Waals surface area contributed by atoms with Gasteiger partial charge in [-0.2, -0.15) is 0 Å². The molecule has 1 aliphatic rings. The minimum atomic E-state index is -3.12. The summed E-state index contributed by atoms with van der Waals surface area (Å²) in [5.41, 5.74) is 5.37. The smallest absolute Gasteiger partial charge is 0.175 e. The van der Waals surface area contributed by atoms with Gasteiger partial charge in [0.15, 0.2) is 9.84 Å². The molecule has 3 rings (SSSR count). The van der Waals surface area contributed by atoms with Crippen LogP contribution in [0.2, 0.25) is 0 Å². The van der Waals surface area contributed by atoms with Crippen molar-refractivity contribution < 1.29 is 8.42 Å². The molecule has 26 heavy (non-hydrogen) atoms. The largest absolute Gasteiger partial charge is 0.298 e. The SMILES string of the molecule is CC(C)(C)c1ccc(CCN2CCc3cc(S(C)(=O)=O)ccc3C2)cc1. The lowest BCUT2D eigenvalue weighted by Gasteiger charge is -2.29. The van der Waals surface area contributed by atoms with Gasteiger partial charge in [-0.1, -0.05) is 51.1 Å². The van der Waals surface area contributed by atoms with Crippen LogP contribution in [0.5, 0.6) is 0 Å². The summed E-state index contributed by atoms with van der Waals surface area (Å²) in [4.78, 5) is 2.89. The van der Waals surface area contributed by atoms with E-state index in [0.29, 0.717) is 4.90 Å². The number of hydrogen-bond donors (Lipinski definition) is 0. The summed E-state index contributed by atoms with van der Waals surface area (Å²) in [7, 11) is -3.12. The fraction of sp³-hybridized carbons (Fsp3) is 0.455. The predicted molar refractivity (Wildman–Crippen MR) is 107 cm³/mol. The molecule has 0 amide bonds. The first kappa shape index (κ1) is 19.1. The van der Waals surface area contributed by atoms with Gasteiger partial charge in [0.1, 0.15) is 0 Å². The molecule has 3 nitrogen and oxygen atoms in total. The Kier molecular flexibility index (Phi) is 5.27. The molecule has 0 aliphatic carbocycles. The number of sulfone groups is 1. The first-order valence-electron chi connectivity index (χ1n) is 9.26. The second-order valence-electron chi connectivity index (χ2n) is 8.43. The Labute approximate surface area is 158 Å². The van der Waals surface area contributed by atoms with E-state index >= 15 is 0 Å². The average molecular weight is 372 g/mol. The molecule has 0 aromatic heterocycles. The van der Waals surface area contributed by atoms with Gasteiger partial charge in [0.05, 0.1) is 4.90 Å². The van der Waals surface area contributed by atoms with E-state index in [9.17, 15) is 8.42 Å². The quantitative estimate of drug-likeness (QED) is 0.815. The Hall–Kier alpha value is -1.65. The van der Waals surface area contributed by atoms with Crippen molar-refractivity contribution in [3.8, 4) is 0 Å². The second-order valence-corrected chi connectivity index (χ2v) is 10.4. The van der Waals surface area contributed by atoms with E-state index in [1.54, 1.807) is 6.07 Å². The number of benzene rings is 2. The molecule has 0 spiro atoms. The molecule has 0 unspecified atom stereocenters. The number of nitrogens with zero attached hydrogens (tertiary/aromatic N) is 1. The molecule has 0 bridgehead atoms. The Morgan fingerprint density at radius 2 is 1.69 bits per heavy atom. The molecular weight excluding hydrogens is 342 g/mol. The highest BCUT2D eigenvalue weighted by atomic mass is 32.2. The molecule has 4 heteroatoms. The minimum Gasteiger partial charge on any atom is -0.298 e. The molecule has 0 N–H and O–H groups in total. The van der Waals surface area contributed by atoms with Crippen LogP contribution in [0.1, 0.15) is 43.0 Å². The van der Waals surface area contributed by atoms with Crippen LogP contribution in [0, 0.1) is 0 Å². The van der Waals surface area contributed by atoms with E-state index in [1.165, 1.54) is 28.5 Å². The van der Waals surface area contributed by atoms with E-state index in [4.69, 9.17) is 0 Å². The summed E-state index contributed by atoms with van der Waals surface area (Å²) in [5, 5.41) is 0. The van der Waals surface area contributed by atoms with Crippen LogP contribution in [0.25, 0.3) is 0 Å². The van der Waals surface area contributed by atoms with E-state index in [-0.39, 0.29) is 5.41 Å². The zero-order valence-corrected chi connectivity index (χ0v) is 17.1. The van der Waals surface area contributed by atoms with Gasteiger partial charge in [-0.05, 0) is 52.6 Å². The van der Waals surface area contributed by atoms with Gasteiger partial charge in [0, 0.05) is 25.9 Å². The minimum absolute atomic E-state index is 0.194. The first-order chi connectivity index (χ1) is 12.1. The summed E-state index contributed by atoms with van der Waals surface area (Å²) in [6.07, 6.45) is 3.23. The summed E-state index contributed by atoms with van der Waals surface area (Å²) in [6, 6.07) is 14.6. The molecule has 1 aliphatic heterocycles. The third-order valence-corrected chi connectivity index (χ3v) is 6.34. The zero-order chi connectivity index (χ0) is 18.9. The van der Waals surface area contributed by atoms with Gasteiger partial charge in [-0.25, -0.2) is 8.42 Å². The Morgan fingerprint density at radius 3 is 2.31 bits per heavy atom. The van der Waals surface area contributed by atoms with Crippen molar-refractivity contribution in [3.63, 3.8) is 0 Å². The van der Waals surface area contributed by atoms with Crippen LogP contribution < -0.4 is 0 Å². The van der Waals surface area contributed by atoms with Gasteiger partial charge >= 0.3 is 0 Å². The molecule has 2 aromatic carbocycles. The van der Waals surface area contributed by atoms with E-state index in [2.05, 4.69) is 49.9 Å². The van der Waals surface area contributed by atoms with Crippen LogP contribution in [-0.2, 0) is 34.6 Å². The predicted octanol–water partition coefficient (Wildman–Crippen LogP) is 3.99. The molecule has 1 heterocycles. The fourth-order valence-corrected chi connectivity index (χ4v) is 4.14. The van der Waals surface area contributed by atoms with Crippen LogP contribution >= 0.6 is 0 Å². The maximum atomic E-state index is 11.7. The molecule has 0 radical (unpaired) electrons. The standard InChI is InChI=1S/C22H29NO2S/c1-22(2,3)20-8-5-17(6-9-20)11-13-23-14-12-18-15-21(26(4,24)25)10-7-19(18)16-23/h5-10,15H,11-14,16H2,1-4H3. The van der Waals surface area contributed by atoms with Crippen molar-refractivity contribution in [3.05, 3.63) is 64.7 Å². The lowest BCUT2D eigenvalue weighted by molar-refractivity contribution is 0.257. The Balaban J connectivity index is 1.61. The number of hydrogen-bond acceptors (Lipinski definition) is 3. The highest BCUT2D eigenvalue weighted by Crippen LogP contribution is 2.24. The zero-order valence-electron chi connectivity index (χ0n) is 16.2. The second kappa shape index (κ2) is 7.16. The third kappa shape index (κ3) is 4.54. The van der Waals surface area contributed by atoms with Gasteiger partial charge < -0.3 is 0 Å². The van der Waals surface area contributed by atoms with Crippen molar-refractivity contribution in [1.82, 2.24) is 4.90 Å². The van der Waals surface area contributed by atoms with Crippen molar-refractivity contribution in [1.29, 1.82) is 0 Å². The number of fused-ring (bicyclic) bond motifs is 1. The Morgan fingerprint density at radius 1 is 1.00 bits per heavy atom.